The fraction of sp³-hybridized carbons (Fsp3) is 0.308. The Labute approximate surface area is 116 Å². The average Bonchev–Trinajstić information content (AvgIpc) is 2.44. The van der Waals surface area contributed by atoms with Crippen LogP contribution in [0.1, 0.15) is 13.8 Å². The third kappa shape index (κ3) is 2.77. The maximum atomic E-state index is 11.3. The van der Waals surface area contributed by atoms with Gasteiger partial charge in [-0.1, -0.05) is 12.1 Å². The van der Waals surface area contributed by atoms with Gasteiger partial charge in [0.25, 0.3) is 0 Å². The van der Waals surface area contributed by atoms with E-state index in [1.807, 2.05) is 24.3 Å². The molecule has 0 atom stereocenters. The minimum Gasteiger partial charge on any atom is -0.369 e. The summed E-state index contributed by atoms with van der Waals surface area (Å²) in [5, 5.41) is 3.99. The van der Waals surface area contributed by atoms with Gasteiger partial charge in [0.05, 0.1) is 10.9 Å². The number of nitrogens with two attached hydrogens (primary N) is 2. The molecule has 0 saturated heterocycles. The first-order chi connectivity index (χ1) is 9.44. The third-order valence-electron chi connectivity index (χ3n) is 3.10. The van der Waals surface area contributed by atoms with Crippen LogP contribution in [0, 0.1) is 5.41 Å². The molecule has 0 fully saturated rings. The quantitative estimate of drug-likeness (QED) is 0.474. The number of amides is 1. The fourth-order valence-electron chi connectivity index (χ4n) is 1.67. The number of primary amides is 1. The van der Waals surface area contributed by atoms with Crippen molar-refractivity contribution in [3.63, 3.8) is 0 Å². The van der Waals surface area contributed by atoms with Crippen LogP contribution >= 0.6 is 0 Å². The van der Waals surface area contributed by atoms with Gasteiger partial charge in [-0.2, -0.15) is 4.98 Å². The summed E-state index contributed by atoms with van der Waals surface area (Å²) in [6.07, 6.45) is 0. The minimum absolute atomic E-state index is 0.308. The van der Waals surface area contributed by atoms with Crippen LogP contribution in [0.3, 0.4) is 0 Å². The van der Waals surface area contributed by atoms with E-state index >= 15 is 0 Å². The van der Waals surface area contributed by atoms with Crippen LogP contribution in [0.5, 0.6) is 0 Å². The first-order valence-corrected chi connectivity index (χ1v) is 6.21. The predicted molar refractivity (Wildman–Crippen MR) is 78.8 cm³/mol. The van der Waals surface area contributed by atoms with E-state index in [1.165, 1.54) is 0 Å². The Hall–Kier alpha value is -2.41. The molecular formula is C13H18N6O. The lowest BCUT2D eigenvalue weighted by atomic mass is 9.93. The van der Waals surface area contributed by atoms with Crippen LogP contribution in [0.4, 0.5) is 11.8 Å². The summed E-state index contributed by atoms with van der Waals surface area (Å²) in [4.78, 5) is 19.9. The Morgan fingerprint density at radius 2 is 2.00 bits per heavy atom. The van der Waals surface area contributed by atoms with Gasteiger partial charge in [-0.05, 0) is 26.0 Å². The van der Waals surface area contributed by atoms with Crippen LogP contribution < -0.4 is 22.3 Å². The molecule has 1 aromatic heterocycles. The molecule has 0 unspecified atom stereocenters. The summed E-state index contributed by atoms with van der Waals surface area (Å²) in [6.45, 7) is 3.91. The highest BCUT2D eigenvalue weighted by Gasteiger charge is 2.25. The molecule has 20 heavy (non-hydrogen) atoms. The molecular weight excluding hydrogens is 256 g/mol. The van der Waals surface area contributed by atoms with Crippen LogP contribution in [0.25, 0.3) is 10.9 Å². The second-order valence-corrected chi connectivity index (χ2v) is 5.16. The van der Waals surface area contributed by atoms with E-state index in [1.54, 1.807) is 13.8 Å². The van der Waals surface area contributed by atoms with Crippen molar-refractivity contribution in [3.05, 3.63) is 24.3 Å². The molecule has 2 rings (SSSR count). The molecule has 106 valence electrons. The first-order valence-electron chi connectivity index (χ1n) is 6.21. The van der Waals surface area contributed by atoms with Gasteiger partial charge in [0.1, 0.15) is 5.82 Å². The SMILES string of the molecule is CC(C)(CNc1nc(NN)nc2ccccc12)C(N)=O. The maximum absolute atomic E-state index is 11.3. The topological polar surface area (TPSA) is 119 Å². The normalized spacial score (nSPS) is 11.3. The van der Waals surface area contributed by atoms with Crippen molar-refractivity contribution in [1.29, 1.82) is 0 Å². The lowest BCUT2D eigenvalue weighted by Crippen LogP contribution is -2.37. The zero-order valence-corrected chi connectivity index (χ0v) is 11.5. The molecule has 0 saturated carbocycles. The van der Waals surface area contributed by atoms with Gasteiger partial charge in [0, 0.05) is 11.9 Å². The van der Waals surface area contributed by atoms with Gasteiger partial charge >= 0.3 is 0 Å². The molecule has 7 nitrogen and oxygen atoms in total. The van der Waals surface area contributed by atoms with Crippen molar-refractivity contribution in [2.24, 2.45) is 17.0 Å². The largest absolute Gasteiger partial charge is 0.369 e. The van der Waals surface area contributed by atoms with E-state index < -0.39 is 5.41 Å². The molecule has 6 N–H and O–H groups in total. The molecule has 7 heteroatoms. The number of nitrogen functional groups attached to an aromatic ring is 1. The standard InChI is InChI=1S/C13H18N6O/c1-13(2,11(14)20)7-16-10-8-5-3-4-6-9(8)17-12(18-10)19-15/h3-6H,7,15H2,1-2H3,(H2,14,20)(H2,16,17,18,19). The highest BCUT2D eigenvalue weighted by atomic mass is 16.1. The second-order valence-electron chi connectivity index (χ2n) is 5.16. The Bertz CT molecular complexity index is 640. The number of hydrazine groups is 1. The number of para-hydroxylation sites is 1. The number of rotatable bonds is 5. The molecule has 0 aliphatic carbocycles. The summed E-state index contributed by atoms with van der Waals surface area (Å²) in [6, 6.07) is 7.54. The molecule has 1 aromatic carbocycles. The van der Waals surface area contributed by atoms with Gasteiger partial charge in [-0.25, -0.2) is 10.8 Å². The lowest BCUT2D eigenvalue weighted by Gasteiger charge is -2.21. The molecule has 0 spiro atoms. The highest BCUT2D eigenvalue weighted by molar-refractivity contribution is 5.90. The Kier molecular flexibility index (Phi) is 3.71. The number of hydrogen-bond acceptors (Lipinski definition) is 6. The first kappa shape index (κ1) is 14.0. The fourth-order valence-corrected chi connectivity index (χ4v) is 1.67. The number of hydrogen-bond donors (Lipinski definition) is 4. The van der Waals surface area contributed by atoms with Crippen LogP contribution in [0.2, 0.25) is 0 Å². The number of nitrogens with one attached hydrogen (secondary N) is 2. The van der Waals surface area contributed by atoms with E-state index in [0.717, 1.165) is 10.9 Å². The smallest absolute Gasteiger partial charge is 0.239 e. The van der Waals surface area contributed by atoms with E-state index in [2.05, 4.69) is 20.7 Å². The van der Waals surface area contributed by atoms with Crippen molar-refractivity contribution < 1.29 is 4.79 Å². The van der Waals surface area contributed by atoms with Gasteiger partial charge in [0.15, 0.2) is 0 Å². The third-order valence-corrected chi connectivity index (χ3v) is 3.10. The van der Waals surface area contributed by atoms with Crippen molar-refractivity contribution in [2.45, 2.75) is 13.8 Å². The monoisotopic (exact) mass is 274 g/mol. The molecule has 2 aromatic rings. The van der Waals surface area contributed by atoms with Gasteiger partial charge in [-0.3, -0.25) is 10.2 Å². The number of anilines is 2. The highest BCUT2D eigenvalue weighted by Crippen LogP contribution is 2.23. The van der Waals surface area contributed by atoms with E-state index in [9.17, 15) is 4.79 Å². The average molecular weight is 274 g/mol. The number of nitrogens with zero attached hydrogens (tertiary/aromatic N) is 2. The van der Waals surface area contributed by atoms with Crippen molar-refractivity contribution in [1.82, 2.24) is 9.97 Å². The lowest BCUT2D eigenvalue weighted by molar-refractivity contribution is -0.125. The number of aromatic nitrogens is 2. The number of benzene rings is 1. The van der Waals surface area contributed by atoms with Crippen LogP contribution in [-0.4, -0.2) is 22.4 Å². The van der Waals surface area contributed by atoms with Gasteiger partial charge in [-0.15, -0.1) is 0 Å². The van der Waals surface area contributed by atoms with Crippen molar-refractivity contribution >= 4 is 28.6 Å². The van der Waals surface area contributed by atoms with E-state index in [-0.39, 0.29) is 5.91 Å². The molecule has 0 aliphatic heterocycles. The minimum atomic E-state index is -0.678. The van der Waals surface area contributed by atoms with Crippen LogP contribution in [0.15, 0.2) is 24.3 Å². The number of carbonyl (C=O) groups is 1. The summed E-state index contributed by atoms with van der Waals surface area (Å²) in [5.74, 6) is 5.91. The second kappa shape index (κ2) is 5.30. The summed E-state index contributed by atoms with van der Waals surface area (Å²) in [5.41, 5.74) is 7.87. The number of carbonyl (C=O) groups excluding carboxylic acids is 1. The summed E-state index contributed by atoms with van der Waals surface area (Å²) >= 11 is 0. The molecule has 0 bridgehead atoms. The van der Waals surface area contributed by atoms with E-state index in [0.29, 0.717) is 18.3 Å². The van der Waals surface area contributed by atoms with Gasteiger partial charge < -0.3 is 11.1 Å². The summed E-state index contributed by atoms with van der Waals surface area (Å²) < 4.78 is 0. The zero-order chi connectivity index (χ0) is 14.8. The molecule has 1 amide bonds. The molecule has 0 radical (unpaired) electrons. The Morgan fingerprint density at radius 3 is 2.65 bits per heavy atom. The summed E-state index contributed by atoms with van der Waals surface area (Å²) in [7, 11) is 0. The molecule has 1 heterocycles. The van der Waals surface area contributed by atoms with Gasteiger partial charge in [0.2, 0.25) is 11.9 Å². The Balaban J connectivity index is 2.36. The number of fused-ring (bicyclic) bond motifs is 1. The van der Waals surface area contributed by atoms with Crippen molar-refractivity contribution in [2.75, 3.05) is 17.3 Å². The van der Waals surface area contributed by atoms with E-state index in [4.69, 9.17) is 11.6 Å². The van der Waals surface area contributed by atoms with Crippen molar-refractivity contribution in [3.8, 4) is 0 Å². The van der Waals surface area contributed by atoms with Crippen LogP contribution in [-0.2, 0) is 4.79 Å². The maximum Gasteiger partial charge on any atom is 0.239 e. The Morgan fingerprint density at radius 1 is 1.30 bits per heavy atom. The predicted octanol–water partition coefficient (Wildman–Crippen LogP) is 0.839. The molecule has 0 aliphatic rings. The zero-order valence-electron chi connectivity index (χ0n) is 11.5.